The second kappa shape index (κ2) is 8.22. The summed E-state index contributed by atoms with van der Waals surface area (Å²) in [5, 5.41) is 0. The maximum Gasteiger partial charge on any atom is -0.0169 e. The normalized spacial score (nSPS) is 12.6. The van der Waals surface area contributed by atoms with E-state index in [-0.39, 0.29) is 0 Å². The van der Waals surface area contributed by atoms with Crippen LogP contribution in [-0.2, 0) is 0 Å². The summed E-state index contributed by atoms with van der Waals surface area (Å²) < 4.78 is 0. The topological polar surface area (TPSA) is 0 Å². The molecule has 0 heterocycles. The Morgan fingerprint density at radius 3 is 1.40 bits per heavy atom. The van der Waals surface area contributed by atoms with E-state index in [0.717, 1.165) is 12.8 Å². The van der Waals surface area contributed by atoms with Crippen molar-refractivity contribution >= 4 is 0 Å². The van der Waals surface area contributed by atoms with Gasteiger partial charge in [0.2, 0.25) is 0 Å². The minimum absolute atomic E-state index is 1.06. The van der Waals surface area contributed by atoms with Gasteiger partial charge in [-0.25, -0.2) is 0 Å². The summed E-state index contributed by atoms with van der Waals surface area (Å²) in [5.41, 5.74) is 0. The van der Waals surface area contributed by atoms with E-state index in [1.165, 1.54) is 0 Å². The molecule has 10 heavy (non-hydrogen) atoms. The summed E-state index contributed by atoms with van der Waals surface area (Å²) in [6, 6.07) is 0. The van der Waals surface area contributed by atoms with Gasteiger partial charge in [-0.1, -0.05) is 36.5 Å². The molecule has 0 amide bonds. The zero-order valence-electron chi connectivity index (χ0n) is 6.88. The molecule has 0 N–H and O–H groups in total. The van der Waals surface area contributed by atoms with Crippen LogP contribution in [-0.4, -0.2) is 0 Å². The molecule has 0 bridgehead atoms. The van der Waals surface area contributed by atoms with Gasteiger partial charge in [0.05, 0.1) is 0 Å². The minimum atomic E-state index is 1.06. The first kappa shape index (κ1) is 9.22. The molecule has 0 saturated carbocycles. The van der Waals surface area contributed by atoms with E-state index in [9.17, 15) is 0 Å². The molecule has 0 aliphatic carbocycles. The predicted octanol–water partition coefficient (Wildman–Crippen LogP) is 3.48. The quantitative estimate of drug-likeness (QED) is 0.519. The van der Waals surface area contributed by atoms with Crippen molar-refractivity contribution < 1.29 is 0 Å². The predicted molar refractivity (Wildman–Crippen MR) is 48.0 cm³/mol. The largest absolute Gasteiger partial charge is 0.0914 e. The molecular formula is C10H16. The van der Waals surface area contributed by atoms with Crippen LogP contribution >= 0.6 is 0 Å². The molecule has 0 aromatic heterocycles. The Kier molecular flexibility index (Phi) is 7.58. The first-order valence-corrected chi connectivity index (χ1v) is 3.79. The summed E-state index contributed by atoms with van der Waals surface area (Å²) >= 11 is 0. The number of hydrogen-bond donors (Lipinski definition) is 0. The fourth-order valence-electron chi connectivity index (χ4n) is 0.622. The Labute approximate surface area is 64.0 Å². The third-order valence-corrected chi connectivity index (χ3v) is 1.18. The third-order valence-electron chi connectivity index (χ3n) is 1.18. The van der Waals surface area contributed by atoms with Gasteiger partial charge in [0.25, 0.3) is 0 Å². The van der Waals surface area contributed by atoms with Crippen LogP contribution in [0.15, 0.2) is 36.5 Å². The number of rotatable bonds is 4. The average Bonchev–Trinajstić information content (AvgIpc) is 1.97. The second-order valence-electron chi connectivity index (χ2n) is 2.08. The highest BCUT2D eigenvalue weighted by atomic mass is 13.8. The first-order valence-electron chi connectivity index (χ1n) is 3.79. The van der Waals surface area contributed by atoms with Crippen molar-refractivity contribution in [2.45, 2.75) is 26.7 Å². The molecule has 56 valence electrons. The Hall–Kier alpha value is -0.780. The molecule has 0 saturated heterocycles. The maximum absolute atomic E-state index is 2.18. The van der Waals surface area contributed by atoms with Crippen LogP contribution in [0.4, 0.5) is 0 Å². The lowest BCUT2D eigenvalue weighted by atomic mass is 10.3. The lowest BCUT2D eigenvalue weighted by molar-refractivity contribution is 1.30. The molecule has 0 spiro atoms. The summed E-state index contributed by atoms with van der Waals surface area (Å²) in [6.45, 7) is 4.08. The molecule has 0 radical (unpaired) electrons. The van der Waals surface area contributed by atoms with E-state index in [0.29, 0.717) is 0 Å². The average molecular weight is 136 g/mol. The van der Waals surface area contributed by atoms with Gasteiger partial charge in [-0.3, -0.25) is 0 Å². The van der Waals surface area contributed by atoms with E-state index in [4.69, 9.17) is 0 Å². The fourth-order valence-corrected chi connectivity index (χ4v) is 0.622. The summed E-state index contributed by atoms with van der Waals surface area (Å²) in [5.74, 6) is 0. The van der Waals surface area contributed by atoms with Gasteiger partial charge in [0, 0.05) is 0 Å². The van der Waals surface area contributed by atoms with Crippen molar-refractivity contribution in [3.05, 3.63) is 36.5 Å². The van der Waals surface area contributed by atoms with Crippen molar-refractivity contribution in [1.29, 1.82) is 0 Å². The molecule has 0 nitrogen and oxygen atoms in total. The Balaban J connectivity index is 3.20. The van der Waals surface area contributed by atoms with Crippen LogP contribution in [0.2, 0.25) is 0 Å². The van der Waals surface area contributed by atoms with Gasteiger partial charge in [0.15, 0.2) is 0 Å². The molecule has 0 heteroatoms. The van der Waals surface area contributed by atoms with E-state index < -0.39 is 0 Å². The third kappa shape index (κ3) is 7.22. The van der Waals surface area contributed by atoms with Gasteiger partial charge in [-0.2, -0.15) is 0 Å². The van der Waals surface area contributed by atoms with Crippen molar-refractivity contribution in [2.75, 3.05) is 0 Å². The first-order chi connectivity index (χ1) is 4.91. The fraction of sp³-hybridized carbons (Fsp3) is 0.400. The second-order valence-corrected chi connectivity index (χ2v) is 2.08. The zero-order valence-corrected chi connectivity index (χ0v) is 6.88. The van der Waals surface area contributed by atoms with Crippen LogP contribution < -0.4 is 0 Å². The van der Waals surface area contributed by atoms with Crippen LogP contribution in [0.25, 0.3) is 0 Å². The lowest BCUT2D eigenvalue weighted by Crippen LogP contribution is -1.58. The minimum Gasteiger partial charge on any atom is -0.0914 e. The van der Waals surface area contributed by atoms with E-state index in [2.05, 4.69) is 36.5 Å². The maximum atomic E-state index is 2.18. The Morgan fingerprint density at radius 2 is 1.10 bits per heavy atom. The van der Waals surface area contributed by atoms with Crippen molar-refractivity contribution in [2.24, 2.45) is 0 Å². The number of hydrogen-bond acceptors (Lipinski definition) is 0. The molecule has 0 rings (SSSR count). The molecule has 0 atom stereocenters. The van der Waals surface area contributed by atoms with Gasteiger partial charge in [-0.05, 0) is 26.7 Å². The van der Waals surface area contributed by atoms with E-state index in [1.54, 1.807) is 0 Å². The van der Waals surface area contributed by atoms with E-state index >= 15 is 0 Å². The molecular weight excluding hydrogens is 120 g/mol. The van der Waals surface area contributed by atoms with Crippen molar-refractivity contribution in [3.63, 3.8) is 0 Å². The van der Waals surface area contributed by atoms with E-state index in [1.807, 2.05) is 13.8 Å². The van der Waals surface area contributed by atoms with Crippen molar-refractivity contribution in [3.8, 4) is 0 Å². The highest BCUT2D eigenvalue weighted by molar-refractivity contribution is 4.95. The molecule has 0 unspecified atom stereocenters. The van der Waals surface area contributed by atoms with Gasteiger partial charge in [-0.15, -0.1) is 0 Å². The summed E-state index contributed by atoms with van der Waals surface area (Å²) in [4.78, 5) is 0. The molecule has 0 aromatic rings. The van der Waals surface area contributed by atoms with Crippen LogP contribution in [0.5, 0.6) is 0 Å². The zero-order chi connectivity index (χ0) is 7.66. The highest BCUT2D eigenvalue weighted by Gasteiger charge is 1.68. The van der Waals surface area contributed by atoms with Crippen LogP contribution in [0, 0.1) is 0 Å². The van der Waals surface area contributed by atoms with Crippen LogP contribution in [0.1, 0.15) is 26.7 Å². The highest BCUT2D eigenvalue weighted by Crippen LogP contribution is 1.89. The van der Waals surface area contributed by atoms with Gasteiger partial charge >= 0.3 is 0 Å². The monoisotopic (exact) mass is 136 g/mol. The lowest BCUT2D eigenvalue weighted by Gasteiger charge is -1.80. The Bertz CT molecular complexity index is 111. The summed E-state index contributed by atoms with van der Waals surface area (Å²) in [7, 11) is 0. The molecule has 0 aliphatic heterocycles. The molecule has 0 fully saturated rings. The summed E-state index contributed by atoms with van der Waals surface area (Å²) in [6.07, 6.45) is 14.9. The van der Waals surface area contributed by atoms with Gasteiger partial charge in [0.1, 0.15) is 0 Å². The Morgan fingerprint density at radius 1 is 0.700 bits per heavy atom. The standard InChI is InChI=1S/C10H16/c1-3-5-7-9-10-8-6-4-2/h3-6,9-10H,7-8H2,1-2H3/b5-3+,6-4+,10-9+. The van der Waals surface area contributed by atoms with Gasteiger partial charge < -0.3 is 0 Å². The molecule has 0 aliphatic rings. The molecule has 0 aromatic carbocycles. The smallest absolute Gasteiger partial charge is 0.0169 e. The SMILES string of the molecule is C/C=C/C/C=C/C/C=C/C. The number of allylic oxidation sites excluding steroid dienone is 6. The van der Waals surface area contributed by atoms with Crippen LogP contribution in [0.3, 0.4) is 0 Å². The van der Waals surface area contributed by atoms with Crippen molar-refractivity contribution in [1.82, 2.24) is 0 Å².